The summed E-state index contributed by atoms with van der Waals surface area (Å²) in [7, 11) is 1.54. The summed E-state index contributed by atoms with van der Waals surface area (Å²) in [4.78, 5) is 24.8. The molecular formula is C29H30ClN7O4. The summed E-state index contributed by atoms with van der Waals surface area (Å²) in [5.41, 5.74) is 3.89. The average molecular weight is 576 g/mol. The van der Waals surface area contributed by atoms with Gasteiger partial charge in [0, 0.05) is 41.7 Å². The molecule has 0 saturated heterocycles. The largest absolute Gasteiger partial charge is 0.447 e. The maximum absolute atomic E-state index is 13.0. The Kier molecular flexibility index (Phi) is 10.8. The molecule has 0 spiro atoms. The minimum Gasteiger partial charge on any atom is -0.447 e. The first-order chi connectivity index (χ1) is 20.0. The molecule has 11 nitrogen and oxygen atoms in total. The number of rotatable bonds is 13. The molecule has 212 valence electrons. The molecule has 3 N–H and O–H groups in total. The van der Waals surface area contributed by atoms with E-state index in [-0.39, 0.29) is 18.6 Å². The zero-order valence-corrected chi connectivity index (χ0v) is 23.1. The molecule has 0 radical (unpaired) electrons. The Morgan fingerprint density at radius 3 is 2.54 bits per heavy atom. The number of nitrogens with one attached hydrogen (secondary N) is 3. The number of hydrogen-bond donors (Lipinski definition) is 3. The van der Waals surface area contributed by atoms with Gasteiger partial charge in [0.2, 0.25) is 5.91 Å². The molecule has 2 amide bonds. The smallest absolute Gasteiger partial charge is 0.411 e. The third-order valence-electron chi connectivity index (χ3n) is 5.88. The maximum Gasteiger partial charge on any atom is 0.411 e. The highest BCUT2D eigenvalue weighted by Crippen LogP contribution is 2.20. The lowest BCUT2D eigenvalue weighted by molar-refractivity contribution is -0.117. The molecule has 0 aliphatic rings. The zero-order valence-electron chi connectivity index (χ0n) is 22.4. The van der Waals surface area contributed by atoms with Crippen molar-refractivity contribution in [2.24, 2.45) is 0 Å². The fraction of sp³-hybridized carbons (Fsp3) is 0.207. The third kappa shape index (κ3) is 9.45. The van der Waals surface area contributed by atoms with Gasteiger partial charge in [-0.25, -0.2) is 4.79 Å². The number of halogens is 1. The highest BCUT2D eigenvalue weighted by atomic mass is 35.5. The number of methoxy groups -OCH3 is 1. The molecule has 12 heteroatoms. The van der Waals surface area contributed by atoms with Crippen molar-refractivity contribution in [3.05, 3.63) is 101 Å². The number of tetrazole rings is 1. The first-order valence-electron chi connectivity index (χ1n) is 12.8. The number of nitrogens with zero attached hydrogens (tertiary/aromatic N) is 4. The van der Waals surface area contributed by atoms with Gasteiger partial charge in [0.25, 0.3) is 0 Å². The van der Waals surface area contributed by atoms with E-state index in [2.05, 4.69) is 31.5 Å². The van der Waals surface area contributed by atoms with Crippen LogP contribution in [0.5, 0.6) is 0 Å². The molecule has 1 heterocycles. The standard InChI is InChI=1S/C29H30ClN7O4/c1-40-15-16-41-29(39)34-25-11-9-24(10-12-25)31-19-26(17-21-5-3-2-4-6-21)33-28(38)14-7-22-18-23(30)8-13-27(22)37-20-32-35-36-37/h2-14,18,20,26,31H,15-17,19H2,1H3,(H,33,38)(H,34,39)/b14-7+/t26-/m0/s1. The van der Waals surface area contributed by atoms with Gasteiger partial charge in [-0.1, -0.05) is 41.9 Å². The number of anilines is 2. The molecule has 0 aliphatic heterocycles. The van der Waals surface area contributed by atoms with Crippen LogP contribution < -0.4 is 16.0 Å². The second-order valence-electron chi connectivity index (χ2n) is 8.90. The number of ether oxygens (including phenoxy) is 2. The Labute approximate surface area is 242 Å². The fourth-order valence-corrected chi connectivity index (χ4v) is 4.09. The lowest BCUT2D eigenvalue weighted by Gasteiger charge is -2.20. The van der Waals surface area contributed by atoms with Gasteiger partial charge >= 0.3 is 6.09 Å². The second kappa shape index (κ2) is 15.2. The van der Waals surface area contributed by atoms with Crippen LogP contribution in [0.25, 0.3) is 11.8 Å². The first kappa shape index (κ1) is 29.2. The van der Waals surface area contributed by atoms with E-state index in [0.29, 0.717) is 41.5 Å². The fourth-order valence-electron chi connectivity index (χ4n) is 3.91. The van der Waals surface area contributed by atoms with Gasteiger partial charge in [0.15, 0.2) is 0 Å². The Morgan fingerprint density at radius 1 is 1.02 bits per heavy atom. The minimum absolute atomic E-state index is 0.172. The third-order valence-corrected chi connectivity index (χ3v) is 6.11. The van der Waals surface area contributed by atoms with Crippen molar-refractivity contribution in [3.8, 4) is 5.69 Å². The molecule has 1 atom stereocenters. The summed E-state index contributed by atoms with van der Waals surface area (Å²) in [5.74, 6) is -0.262. The Morgan fingerprint density at radius 2 is 1.80 bits per heavy atom. The lowest BCUT2D eigenvalue weighted by Crippen LogP contribution is -2.40. The minimum atomic E-state index is -0.552. The van der Waals surface area contributed by atoms with E-state index >= 15 is 0 Å². The average Bonchev–Trinajstić information content (AvgIpc) is 3.51. The van der Waals surface area contributed by atoms with E-state index in [9.17, 15) is 9.59 Å². The van der Waals surface area contributed by atoms with Crippen LogP contribution in [0, 0.1) is 0 Å². The Hall–Kier alpha value is -4.74. The number of carbonyl (C=O) groups excluding carboxylic acids is 2. The van der Waals surface area contributed by atoms with Crippen molar-refractivity contribution >= 4 is 41.1 Å². The van der Waals surface area contributed by atoms with Gasteiger partial charge in [-0.2, -0.15) is 4.68 Å². The molecule has 1 aromatic heterocycles. The summed E-state index contributed by atoms with van der Waals surface area (Å²) in [6.45, 7) is 0.966. The SMILES string of the molecule is COCCOC(=O)Nc1ccc(NC[C@H](Cc2ccccc2)NC(=O)/C=C/c2cc(Cl)ccc2-n2cnnn2)cc1. The maximum atomic E-state index is 13.0. The van der Waals surface area contributed by atoms with E-state index in [1.54, 1.807) is 36.4 Å². The predicted octanol–water partition coefficient (Wildman–Crippen LogP) is 4.36. The van der Waals surface area contributed by atoms with Gasteiger partial charge < -0.3 is 20.1 Å². The Bertz CT molecular complexity index is 1430. The van der Waals surface area contributed by atoms with Crippen molar-refractivity contribution < 1.29 is 19.1 Å². The molecule has 0 bridgehead atoms. The molecule has 4 rings (SSSR count). The molecule has 0 saturated carbocycles. The highest BCUT2D eigenvalue weighted by molar-refractivity contribution is 6.30. The number of amides is 2. The van der Waals surface area contributed by atoms with Crippen LogP contribution in [0.2, 0.25) is 5.02 Å². The number of benzene rings is 3. The van der Waals surface area contributed by atoms with Crippen LogP contribution in [0.3, 0.4) is 0 Å². The molecule has 0 fully saturated rings. The zero-order chi connectivity index (χ0) is 28.9. The van der Waals surface area contributed by atoms with E-state index in [1.807, 2.05) is 42.5 Å². The van der Waals surface area contributed by atoms with Gasteiger partial charge in [0.1, 0.15) is 12.9 Å². The normalized spacial score (nSPS) is 11.7. The quantitative estimate of drug-likeness (QED) is 0.158. The van der Waals surface area contributed by atoms with Crippen LogP contribution >= 0.6 is 11.6 Å². The van der Waals surface area contributed by atoms with Gasteiger partial charge in [-0.3, -0.25) is 10.1 Å². The van der Waals surface area contributed by atoms with E-state index in [0.717, 1.165) is 11.3 Å². The topological polar surface area (TPSA) is 132 Å². The predicted molar refractivity (Wildman–Crippen MR) is 157 cm³/mol. The summed E-state index contributed by atoms with van der Waals surface area (Å²) in [6.07, 6.45) is 4.68. The molecule has 4 aromatic rings. The van der Waals surface area contributed by atoms with Gasteiger partial charge in [0.05, 0.1) is 18.3 Å². The highest BCUT2D eigenvalue weighted by Gasteiger charge is 2.13. The summed E-state index contributed by atoms with van der Waals surface area (Å²) in [6, 6.07) is 22.2. The van der Waals surface area contributed by atoms with E-state index in [1.165, 1.54) is 24.2 Å². The van der Waals surface area contributed by atoms with Crippen LogP contribution in [0.4, 0.5) is 16.2 Å². The van der Waals surface area contributed by atoms with Crippen molar-refractivity contribution in [2.45, 2.75) is 12.5 Å². The lowest BCUT2D eigenvalue weighted by atomic mass is 10.1. The summed E-state index contributed by atoms with van der Waals surface area (Å²) in [5, 5.41) is 20.9. The van der Waals surface area contributed by atoms with Crippen LogP contribution in [0.15, 0.2) is 85.2 Å². The molecule has 41 heavy (non-hydrogen) atoms. The van der Waals surface area contributed by atoms with Crippen LogP contribution in [-0.2, 0) is 20.7 Å². The van der Waals surface area contributed by atoms with Crippen LogP contribution in [-0.4, -0.2) is 65.1 Å². The molecule has 0 unspecified atom stereocenters. The summed E-state index contributed by atoms with van der Waals surface area (Å²) < 4.78 is 11.4. The van der Waals surface area contributed by atoms with E-state index in [4.69, 9.17) is 21.1 Å². The van der Waals surface area contributed by atoms with Crippen molar-refractivity contribution in [1.29, 1.82) is 0 Å². The number of hydrogen-bond acceptors (Lipinski definition) is 8. The van der Waals surface area contributed by atoms with Crippen LogP contribution in [0.1, 0.15) is 11.1 Å². The first-order valence-corrected chi connectivity index (χ1v) is 13.2. The summed E-state index contributed by atoms with van der Waals surface area (Å²) >= 11 is 6.19. The van der Waals surface area contributed by atoms with Gasteiger partial charge in [-0.05, 0) is 71.0 Å². The number of aromatic nitrogens is 4. The van der Waals surface area contributed by atoms with Crippen molar-refractivity contribution in [2.75, 3.05) is 37.5 Å². The molecular weight excluding hydrogens is 546 g/mol. The molecule has 0 aliphatic carbocycles. The van der Waals surface area contributed by atoms with Crippen molar-refractivity contribution in [3.63, 3.8) is 0 Å². The number of carbonyl (C=O) groups is 2. The van der Waals surface area contributed by atoms with E-state index < -0.39 is 6.09 Å². The van der Waals surface area contributed by atoms with Crippen molar-refractivity contribution in [1.82, 2.24) is 25.5 Å². The monoisotopic (exact) mass is 575 g/mol. The molecule has 3 aromatic carbocycles. The second-order valence-corrected chi connectivity index (χ2v) is 9.33. The Balaban J connectivity index is 1.39. The van der Waals surface area contributed by atoms with Gasteiger partial charge in [-0.15, -0.1) is 5.10 Å².